The van der Waals surface area contributed by atoms with Crippen LogP contribution in [0.5, 0.6) is 0 Å². The van der Waals surface area contributed by atoms with E-state index in [1.54, 1.807) is 0 Å². The summed E-state index contributed by atoms with van der Waals surface area (Å²) in [5, 5.41) is 13.4. The van der Waals surface area contributed by atoms with Gasteiger partial charge in [0.25, 0.3) is 0 Å². The van der Waals surface area contributed by atoms with Crippen LogP contribution in [0, 0.1) is 23.0 Å². The number of halogens is 4. The van der Waals surface area contributed by atoms with Crippen molar-refractivity contribution in [3.8, 4) is 6.07 Å². The minimum atomic E-state index is -4.22. The molecule has 2 aliphatic heterocycles. The van der Waals surface area contributed by atoms with Gasteiger partial charge in [-0.05, 0) is 72.4 Å². The Labute approximate surface area is 230 Å². The molecular weight excluding hydrogens is 608 g/mol. The molecule has 1 aliphatic carbocycles. The molecule has 1 aromatic carbocycles. The summed E-state index contributed by atoms with van der Waals surface area (Å²) < 4.78 is 56.0. The quantitative estimate of drug-likeness (QED) is 0.470. The molecule has 0 spiro atoms. The van der Waals surface area contributed by atoms with Gasteiger partial charge in [-0.25, -0.2) is 17.2 Å². The first-order valence-corrected chi connectivity index (χ1v) is 14.4. The molecule has 2 N–H and O–H groups in total. The average molecular weight is 629 g/mol. The number of nitrogens with zero attached hydrogens (tertiary/aromatic N) is 3. The Kier molecular flexibility index (Phi) is 6.74. The van der Waals surface area contributed by atoms with Crippen LogP contribution in [0.25, 0.3) is 0 Å². The van der Waals surface area contributed by atoms with E-state index >= 15 is 0 Å². The molecule has 0 radical (unpaired) electrons. The Hall–Kier alpha value is -2.66. The standard InChI is InChI=1S/C24H21BrClF2N5O4S/c25-13-7-17(28)20(30-10-13)24(5-6-31-24)22(35)33-11-15(9-18(33)21(34)32-23(12-29)3-4-23)38(36,37)19-2-1-14(27)8-16(19)26/h1-2,7-8,10,15,18,31H,3-6,9,11H2,(H,32,34)/t15?,18-,24?/m0/s1. The van der Waals surface area contributed by atoms with Crippen LogP contribution in [-0.4, -0.2) is 60.0 Å². The maximum absolute atomic E-state index is 15.0. The molecule has 200 valence electrons. The highest BCUT2D eigenvalue weighted by Crippen LogP contribution is 2.40. The van der Waals surface area contributed by atoms with Crippen molar-refractivity contribution in [3.05, 3.63) is 57.3 Å². The maximum Gasteiger partial charge on any atom is 0.250 e. The third-order valence-corrected chi connectivity index (χ3v) is 10.3. The molecule has 9 nitrogen and oxygen atoms in total. The van der Waals surface area contributed by atoms with Crippen molar-refractivity contribution in [2.24, 2.45) is 0 Å². The fraction of sp³-hybridized carbons (Fsp3) is 0.417. The average Bonchev–Trinajstić information content (AvgIpc) is 3.44. The van der Waals surface area contributed by atoms with Crippen LogP contribution in [0.4, 0.5) is 8.78 Å². The molecule has 2 saturated heterocycles. The maximum atomic E-state index is 15.0. The summed E-state index contributed by atoms with van der Waals surface area (Å²) in [5.74, 6) is -2.85. The summed E-state index contributed by atoms with van der Waals surface area (Å²) in [5.41, 5.74) is -2.82. The fourth-order valence-corrected chi connectivity index (χ4v) is 7.46. The highest BCUT2D eigenvalue weighted by atomic mass is 79.9. The molecule has 2 amide bonds. The first-order chi connectivity index (χ1) is 17.9. The minimum absolute atomic E-state index is 0.167. The summed E-state index contributed by atoms with van der Waals surface area (Å²) in [4.78, 5) is 32.2. The second kappa shape index (κ2) is 9.51. The molecule has 2 aromatic rings. The third-order valence-electron chi connectivity index (χ3n) is 7.30. The van der Waals surface area contributed by atoms with E-state index < -0.39 is 62.2 Å². The predicted molar refractivity (Wildman–Crippen MR) is 134 cm³/mol. The first-order valence-electron chi connectivity index (χ1n) is 11.7. The van der Waals surface area contributed by atoms with E-state index in [2.05, 4.69) is 31.5 Å². The van der Waals surface area contributed by atoms with Gasteiger partial charge >= 0.3 is 0 Å². The SMILES string of the molecule is N#CC1(NC(=O)[C@@H]2CC(S(=O)(=O)c3ccc(F)cc3Cl)CN2C(=O)C2(c3ncc(Br)cc3F)CCN2)CC1. The van der Waals surface area contributed by atoms with Gasteiger partial charge < -0.3 is 10.2 Å². The van der Waals surface area contributed by atoms with Gasteiger partial charge in [0.05, 0.1) is 21.2 Å². The highest BCUT2D eigenvalue weighted by molar-refractivity contribution is 9.10. The van der Waals surface area contributed by atoms with E-state index in [1.807, 2.05) is 6.07 Å². The molecule has 0 bridgehead atoms. The molecule has 5 rings (SSSR count). The number of hydrogen-bond donors (Lipinski definition) is 2. The van der Waals surface area contributed by atoms with Crippen LogP contribution in [-0.2, 0) is 25.0 Å². The van der Waals surface area contributed by atoms with Gasteiger partial charge in [-0.3, -0.25) is 19.9 Å². The Morgan fingerprint density at radius 3 is 2.53 bits per heavy atom. The number of amides is 2. The van der Waals surface area contributed by atoms with Gasteiger partial charge in [-0.15, -0.1) is 0 Å². The van der Waals surface area contributed by atoms with E-state index in [9.17, 15) is 32.0 Å². The van der Waals surface area contributed by atoms with Gasteiger partial charge in [0.2, 0.25) is 11.8 Å². The van der Waals surface area contributed by atoms with E-state index in [-0.39, 0.29) is 28.5 Å². The van der Waals surface area contributed by atoms with Crippen molar-refractivity contribution in [1.29, 1.82) is 5.26 Å². The number of rotatable bonds is 6. The van der Waals surface area contributed by atoms with Crippen molar-refractivity contribution in [2.45, 2.75) is 52.9 Å². The summed E-state index contributed by atoms with van der Waals surface area (Å²) in [6.07, 6.45) is 2.09. The predicted octanol–water partition coefficient (Wildman–Crippen LogP) is 2.58. The fourth-order valence-electron chi connectivity index (χ4n) is 4.92. The van der Waals surface area contributed by atoms with E-state index in [0.29, 0.717) is 23.9 Å². The van der Waals surface area contributed by atoms with E-state index in [0.717, 1.165) is 23.1 Å². The number of nitrogens with one attached hydrogen (secondary N) is 2. The highest BCUT2D eigenvalue weighted by Gasteiger charge is 2.56. The van der Waals surface area contributed by atoms with Gasteiger partial charge in [-0.2, -0.15) is 5.26 Å². The topological polar surface area (TPSA) is 132 Å². The number of benzene rings is 1. The summed E-state index contributed by atoms with van der Waals surface area (Å²) >= 11 is 9.18. The Morgan fingerprint density at radius 2 is 1.97 bits per heavy atom. The van der Waals surface area contributed by atoms with Crippen molar-refractivity contribution in [2.75, 3.05) is 13.1 Å². The van der Waals surface area contributed by atoms with Crippen LogP contribution in [0.1, 0.15) is 31.4 Å². The molecule has 3 aliphatic rings. The zero-order chi connectivity index (χ0) is 27.5. The van der Waals surface area contributed by atoms with Gasteiger partial charge in [0.1, 0.15) is 34.4 Å². The number of aromatic nitrogens is 1. The Bertz CT molecular complexity index is 1490. The lowest BCUT2D eigenvalue weighted by Gasteiger charge is -2.44. The van der Waals surface area contributed by atoms with Crippen LogP contribution in [0.2, 0.25) is 5.02 Å². The lowest BCUT2D eigenvalue weighted by molar-refractivity contribution is -0.147. The number of hydrogen-bond acceptors (Lipinski definition) is 7. The number of likely N-dealkylation sites (tertiary alicyclic amines) is 1. The third kappa shape index (κ3) is 4.47. The van der Waals surface area contributed by atoms with Crippen LogP contribution >= 0.6 is 27.5 Å². The normalized spacial score (nSPS) is 25.8. The van der Waals surface area contributed by atoms with Crippen LogP contribution in [0.15, 0.2) is 39.8 Å². The van der Waals surface area contributed by atoms with Gasteiger partial charge in [0, 0.05) is 17.2 Å². The Morgan fingerprint density at radius 1 is 1.26 bits per heavy atom. The monoisotopic (exact) mass is 627 g/mol. The summed E-state index contributed by atoms with van der Waals surface area (Å²) in [7, 11) is -4.22. The molecule has 3 heterocycles. The van der Waals surface area contributed by atoms with Crippen LogP contribution < -0.4 is 10.6 Å². The zero-order valence-corrected chi connectivity index (χ0v) is 22.8. The molecule has 1 aromatic heterocycles. The Balaban J connectivity index is 1.52. The molecule has 38 heavy (non-hydrogen) atoms. The van der Waals surface area contributed by atoms with Crippen molar-refractivity contribution >= 4 is 49.2 Å². The second-order valence-electron chi connectivity index (χ2n) is 9.70. The largest absolute Gasteiger partial charge is 0.336 e. The second-order valence-corrected chi connectivity index (χ2v) is 13.2. The lowest BCUT2D eigenvalue weighted by Crippen LogP contribution is -2.66. The van der Waals surface area contributed by atoms with Crippen molar-refractivity contribution in [3.63, 3.8) is 0 Å². The van der Waals surface area contributed by atoms with Crippen molar-refractivity contribution in [1.82, 2.24) is 20.5 Å². The van der Waals surface area contributed by atoms with E-state index in [1.165, 1.54) is 12.3 Å². The van der Waals surface area contributed by atoms with Crippen molar-refractivity contribution < 1.29 is 26.8 Å². The molecule has 3 atom stereocenters. The van der Waals surface area contributed by atoms with E-state index in [4.69, 9.17) is 11.6 Å². The smallest absolute Gasteiger partial charge is 0.250 e. The molecular formula is C24H21BrClF2N5O4S. The zero-order valence-electron chi connectivity index (χ0n) is 19.7. The summed E-state index contributed by atoms with van der Waals surface area (Å²) in [6, 6.07) is 4.81. The molecule has 1 saturated carbocycles. The number of sulfone groups is 1. The summed E-state index contributed by atoms with van der Waals surface area (Å²) in [6.45, 7) is -0.0217. The molecule has 14 heteroatoms. The van der Waals surface area contributed by atoms with Crippen LogP contribution in [0.3, 0.4) is 0 Å². The first kappa shape index (κ1) is 26.9. The number of pyridine rings is 1. The number of carbonyl (C=O) groups is 2. The molecule has 2 unspecified atom stereocenters. The minimum Gasteiger partial charge on any atom is -0.336 e. The van der Waals surface area contributed by atoms with Gasteiger partial charge in [-0.1, -0.05) is 11.6 Å². The number of nitriles is 1. The molecule has 3 fully saturated rings. The lowest BCUT2D eigenvalue weighted by atomic mass is 9.82. The van der Waals surface area contributed by atoms with Gasteiger partial charge in [0.15, 0.2) is 9.84 Å². The number of carbonyl (C=O) groups excluding carboxylic acids is 2.